The van der Waals surface area contributed by atoms with Gasteiger partial charge in [-0.05, 0) is 38.4 Å². The highest BCUT2D eigenvalue weighted by Gasteiger charge is 2.05. The average Bonchev–Trinajstić information content (AvgIpc) is 2.41. The summed E-state index contributed by atoms with van der Waals surface area (Å²) in [6, 6.07) is 4.36. The predicted octanol–water partition coefficient (Wildman–Crippen LogP) is 3.71. The first-order chi connectivity index (χ1) is 8.77. The van der Waals surface area contributed by atoms with Gasteiger partial charge in [0.25, 0.3) is 0 Å². The first kappa shape index (κ1) is 15.0. The minimum atomic E-state index is 0.305. The molecule has 0 amide bonds. The van der Waals surface area contributed by atoms with Gasteiger partial charge in [0, 0.05) is 6.04 Å². The highest BCUT2D eigenvalue weighted by Crippen LogP contribution is 2.14. The third-order valence-corrected chi connectivity index (χ3v) is 2.92. The van der Waals surface area contributed by atoms with Crippen molar-refractivity contribution in [3.05, 3.63) is 24.0 Å². The molecule has 0 aliphatic carbocycles. The van der Waals surface area contributed by atoms with Crippen molar-refractivity contribution in [1.82, 2.24) is 10.3 Å². The van der Waals surface area contributed by atoms with Crippen LogP contribution in [0.2, 0.25) is 0 Å². The number of ether oxygens (including phenoxy) is 1. The molecule has 0 aromatic carbocycles. The number of pyridine rings is 1. The standard InChI is InChI=1S/C15H26N2O/c1-4-6-7-11-18-14-8-9-15(17-12-14)13(3)16-10-5-2/h8-9,12-13,16H,4-7,10-11H2,1-3H3. The number of nitrogens with one attached hydrogen (secondary N) is 1. The molecular formula is C15H26N2O. The van der Waals surface area contributed by atoms with Crippen molar-refractivity contribution in [3.8, 4) is 5.75 Å². The number of hydrogen-bond donors (Lipinski definition) is 1. The van der Waals surface area contributed by atoms with Gasteiger partial charge in [-0.2, -0.15) is 0 Å². The molecule has 102 valence electrons. The molecule has 0 radical (unpaired) electrons. The largest absolute Gasteiger partial charge is 0.492 e. The Balaban J connectivity index is 2.37. The molecule has 1 atom stereocenters. The van der Waals surface area contributed by atoms with Crippen molar-refractivity contribution in [2.75, 3.05) is 13.2 Å². The van der Waals surface area contributed by atoms with Crippen LogP contribution < -0.4 is 10.1 Å². The van der Waals surface area contributed by atoms with Crippen LogP contribution in [0, 0.1) is 0 Å². The molecule has 1 heterocycles. The van der Waals surface area contributed by atoms with Crippen LogP contribution in [0.1, 0.15) is 58.2 Å². The maximum Gasteiger partial charge on any atom is 0.137 e. The van der Waals surface area contributed by atoms with Gasteiger partial charge in [0.1, 0.15) is 5.75 Å². The lowest BCUT2D eigenvalue weighted by molar-refractivity contribution is 0.305. The van der Waals surface area contributed by atoms with Gasteiger partial charge in [0.05, 0.1) is 18.5 Å². The Kier molecular flexibility index (Phi) is 7.42. The molecule has 3 heteroatoms. The molecule has 0 bridgehead atoms. The third-order valence-electron chi connectivity index (χ3n) is 2.92. The Hall–Kier alpha value is -1.09. The molecule has 0 aliphatic heterocycles. The lowest BCUT2D eigenvalue weighted by atomic mass is 10.2. The Morgan fingerprint density at radius 3 is 2.67 bits per heavy atom. The summed E-state index contributed by atoms with van der Waals surface area (Å²) in [7, 11) is 0. The molecule has 1 aromatic rings. The van der Waals surface area contributed by atoms with Crippen molar-refractivity contribution in [3.63, 3.8) is 0 Å². The van der Waals surface area contributed by atoms with Crippen LogP contribution in [-0.2, 0) is 0 Å². The van der Waals surface area contributed by atoms with Crippen LogP contribution in [0.25, 0.3) is 0 Å². The SMILES string of the molecule is CCCCCOc1ccc(C(C)NCCC)nc1. The van der Waals surface area contributed by atoms with E-state index in [4.69, 9.17) is 4.74 Å². The highest BCUT2D eigenvalue weighted by molar-refractivity contribution is 5.21. The van der Waals surface area contributed by atoms with E-state index in [0.717, 1.165) is 37.4 Å². The summed E-state index contributed by atoms with van der Waals surface area (Å²) in [4.78, 5) is 4.44. The Morgan fingerprint density at radius 2 is 2.06 bits per heavy atom. The van der Waals surface area contributed by atoms with Crippen LogP contribution in [0.15, 0.2) is 18.3 Å². The van der Waals surface area contributed by atoms with Gasteiger partial charge in [0.2, 0.25) is 0 Å². The van der Waals surface area contributed by atoms with Gasteiger partial charge >= 0.3 is 0 Å². The second-order valence-electron chi connectivity index (χ2n) is 4.65. The molecule has 3 nitrogen and oxygen atoms in total. The second kappa shape index (κ2) is 8.92. The fraction of sp³-hybridized carbons (Fsp3) is 0.667. The molecule has 0 spiro atoms. The van der Waals surface area contributed by atoms with Crippen molar-refractivity contribution in [2.24, 2.45) is 0 Å². The molecule has 1 N–H and O–H groups in total. The Bertz CT molecular complexity index is 311. The molecule has 1 rings (SSSR count). The quantitative estimate of drug-likeness (QED) is 0.678. The number of nitrogens with zero attached hydrogens (tertiary/aromatic N) is 1. The molecule has 0 aliphatic rings. The van der Waals surface area contributed by atoms with Crippen LogP contribution in [-0.4, -0.2) is 18.1 Å². The minimum absolute atomic E-state index is 0.305. The Labute approximate surface area is 111 Å². The normalized spacial score (nSPS) is 12.4. The van der Waals surface area contributed by atoms with Gasteiger partial charge in [-0.25, -0.2) is 0 Å². The summed E-state index contributed by atoms with van der Waals surface area (Å²) in [6.45, 7) is 8.32. The fourth-order valence-electron chi connectivity index (χ4n) is 1.74. The van der Waals surface area contributed by atoms with Crippen molar-refractivity contribution in [1.29, 1.82) is 0 Å². The van der Waals surface area contributed by atoms with Gasteiger partial charge < -0.3 is 10.1 Å². The lowest BCUT2D eigenvalue weighted by Crippen LogP contribution is -2.20. The van der Waals surface area contributed by atoms with Crippen LogP contribution in [0.4, 0.5) is 0 Å². The topological polar surface area (TPSA) is 34.1 Å². The number of rotatable bonds is 9. The molecule has 18 heavy (non-hydrogen) atoms. The van der Waals surface area contributed by atoms with Crippen LogP contribution in [0.5, 0.6) is 5.75 Å². The number of unbranched alkanes of at least 4 members (excludes halogenated alkanes) is 2. The first-order valence-corrected chi connectivity index (χ1v) is 7.10. The molecule has 0 fully saturated rings. The second-order valence-corrected chi connectivity index (χ2v) is 4.65. The zero-order valence-corrected chi connectivity index (χ0v) is 11.9. The molecule has 1 aromatic heterocycles. The average molecular weight is 250 g/mol. The third kappa shape index (κ3) is 5.50. The molecule has 0 saturated carbocycles. The van der Waals surface area contributed by atoms with E-state index < -0.39 is 0 Å². The smallest absolute Gasteiger partial charge is 0.137 e. The number of aromatic nitrogens is 1. The summed E-state index contributed by atoms with van der Waals surface area (Å²) in [5.41, 5.74) is 1.07. The van der Waals surface area contributed by atoms with E-state index in [2.05, 4.69) is 31.1 Å². The predicted molar refractivity (Wildman–Crippen MR) is 76.0 cm³/mol. The van der Waals surface area contributed by atoms with Crippen LogP contribution >= 0.6 is 0 Å². The van der Waals surface area contributed by atoms with Crippen molar-refractivity contribution < 1.29 is 4.74 Å². The highest BCUT2D eigenvalue weighted by atomic mass is 16.5. The van der Waals surface area contributed by atoms with E-state index in [9.17, 15) is 0 Å². The van der Waals surface area contributed by atoms with E-state index in [1.165, 1.54) is 12.8 Å². The Morgan fingerprint density at radius 1 is 1.22 bits per heavy atom. The summed E-state index contributed by atoms with van der Waals surface area (Å²) >= 11 is 0. The van der Waals surface area contributed by atoms with E-state index in [1.54, 1.807) is 0 Å². The fourth-order valence-corrected chi connectivity index (χ4v) is 1.74. The van der Waals surface area contributed by atoms with Gasteiger partial charge in [-0.1, -0.05) is 26.7 Å². The zero-order chi connectivity index (χ0) is 13.2. The van der Waals surface area contributed by atoms with E-state index in [-0.39, 0.29) is 0 Å². The van der Waals surface area contributed by atoms with E-state index in [0.29, 0.717) is 6.04 Å². The van der Waals surface area contributed by atoms with E-state index in [1.807, 2.05) is 18.3 Å². The summed E-state index contributed by atoms with van der Waals surface area (Å²) in [5.74, 6) is 0.873. The maximum absolute atomic E-state index is 5.64. The number of hydrogen-bond acceptors (Lipinski definition) is 3. The molecular weight excluding hydrogens is 224 g/mol. The van der Waals surface area contributed by atoms with Crippen molar-refractivity contribution >= 4 is 0 Å². The maximum atomic E-state index is 5.64. The summed E-state index contributed by atoms with van der Waals surface area (Å²) < 4.78 is 5.64. The van der Waals surface area contributed by atoms with Crippen LogP contribution in [0.3, 0.4) is 0 Å². The first-order valence-electron chi connectivity index (χ1n) is 7.10. The van der Waals surface area contributed by atoms with E-state index >= 15 is 0 Å². The molecule has 1 unspecified atom stereocenters. The minimum Gasteiger partial charge on any atom is -0.492 e. The lowest BCUT2D eigenvalue weighted by Gasteiger charge is -2.13. The van der Waals surface area contributed by atoms with Crippen molar-refractivity contribution in [2.45, 2.75) is 52.5 Å². The summed E-state index contributed by atoms with van der Waals surface area (Å²) in [6.07, 6.45) is 6.53. The zero-order valence-electron chi connectivity index (χ0n) is 11.9. The van der Waals surface area contributed by atoms with Gasteiger partial charge in [-0.3, -0.25) is 4.98 Å². The summed E-state index contributed by atoms with van der Waals surface area (Å²) in [5, 5.41) is 3.42. The van der Waals surface area contributed by atoms with Gasteiger partial charge in [-0.15, -0.1) is 0 Å². The molecule has 0 saturated heterocycles. The van der Waals surface area contributed by atoms with Gasteiger partial charge in [0.15, 0.2) is 0 Å². The monoisotopic (exact) mass is 250 g/mol.